The van der Waals surface area contributed by atoms with Gasteiger partial charge in [0.15, 0.2) is 0 Å². The summed E-state index contributed by atoms with van der Waals surface area (Å²) in [7, 11) is 0. The van der Waals surface area contributed by atoms with Crippen molar-refractivity contribution in [2.45, 2.75) is 66.8 Å². The third-order valence-corrected chi connectivity index (χ3v) is 2.76. The second-order valence-corrected chi connectivity index (χ2v) is 6.65. The van der Waals surface area contributed by atoms with Crippen LogP contribution in [0.15, 0.2) is 4.99 Å². The molecule has 0 radical (unpaired) electrons. The van der Waals surface area contributed by atoms with E-state index in [9.17, 15) is 0 Å². The van der Waals surface area contributed by atoms with Crippen LogP contribution in [0.25, 0.3) is 0 Å². The summed E-state index contributed by atoms with van der Waals surface area (Å²) in [5.74, 6) is 0. The molecule has 82 valence electrons. The van der Waals surface area contributed by atoms with Gasteiger partial charge in [-0.2, -0.15) is 0 Å². The lowest BCUT2D eigenvalue weighted by atomic mass is 9.64. The lowest BCUT2D eigenvalue weighted by Crippen LogP contribution is -2.34. The van der Waals surface area contributed by atoms with Gasteiger partial charge in [-0.15, -0.1) is 0 Å². The molecule has 0 spiro atoms. The highest BCUT2D eigenvalue weighted by molar-refractivity contribution is 5.86. The molecule has 1 fully saturated rings. The fourth-order valence-corrected chi connectivity index (χ4v) is 3.04. The zero-order valence-corrected chi connectivity index (χ0v) is 10.6. The van der Waals surface area contributed by atoms with Gasteiger partial charge in [0.05, 0.1) is 0 Å². The van der Waals surface area contributed by atoms with Gasteiger partial charge < -0.3 is 0 Å². The Morgan fingerprint density at radius 1 is 1.00 bits per heavy atom. The Labute approximate surface area is 89.0 Å². The second kappa shape index (κ2) is 3.67. The fourth-order valence-electron chi connectivity index (χ4n) is 3.04. The summed E-state index contributed by atoms with van der Waals surface area (Å²) in [6, 6.07) is 0.453. The van der Waals surface area contributed by atoms with Crippen molar-refractivity contribution in [1.29, 1.82) is 0 Å². The van der Waals surface area contributed by atoms with E-state index in [1.54, 1.807) is 0 Å². The monoisotopic (exact) mass is 195 g/mol. The predicted molar refractivity (Wildman–Crippen MR) is 64.0 cm³/mol. The lowest BCUT2D eigenvalue weighted by Gasteiger charge is -2.41. The average Bonchev–Trinajstić information content (AvgIpc) is 1.74. The molecule has 1 heteroatoms. The molecule has 0 aromatic carbocycles. The molecule has 1 rings (SSSR count). The van der Waals surface area contributed by atoms with Crippen LogP contribution in [0.1, 0.15) is 60.8 Å². The zero-order chi connectivity index (χ0) is 11.0. The summed E-state index contributed by atoms with van der Waals surface area (Å²) in [6.45, 7) is 13.8. The molecule has 0 amide bonds. The maximum atomic E-state index is 4.74. The maximum absolute atomic E-state index is 4.74. The first kappa shape index (κ1) is 11.7. The highest BCUT2D eigenvalue weighted by Crippen LogP contribution is 2.44. The van der Waals surface area contributed by atoms with Crippen LogP contribution < -0.4 is 0 Å². The Hall–Kier alpha value is -0.330. The largest absolute Gasteiger partial charge is 0.291 e. The highest BCUT2D eigenvalue weighted by atomic mass is 14.8. The first-order chi connectivity index (χ1) is 6.20. The van der Waals surface area contributed by atoms with Crippen molar-refractivity contribution in [3.63, 3.8) is 0 Å². The van der Waals surface area contributed by atoms with Gasteiger partial charge >= 0.3 is 0 Å². The Kier molecular flexibility index (Phi) is 3.08. The van der Waals surface area contributed by atoms with Crippen LogP contribution >= 0.6 is 0 Å². The van der Waals surface area contributed by atoms with Crippen molar-refractivity contribution in [1.82, 2.24) is 0 Å². The first-order valence-corrected chi connectivity index (χ1v) is 5.76. The first-order valence-electron chi connectivity index (χ1n) is 5.76. The summed E-state index contributed by atoms with van der Waals surface area (Å²) in [4.78, 5) is 4.74. The molecule has 0 aromatic rings. The van der Waals surface area contributed by atoms with Gasteiger partial charge in [-0.25, -0.2) is 0 Å². The van der Waals surface area contributed by atoms with E-state index < -0.39 is 0 Å². The van der Waals surface area contributed by atoms with Gasteiger partial charge in [0.2, 0.25) is 0 Å². The van der Waals surface area contributed by atoms with Crippen molar-refractivity contribution in [2.75, 3.05) is 0 Å². The molecular weight excluding hydrogens is 170 g/mol. The zero-order valence-electron chi connectivity index (χ0n) is 10.6. The average molecular weight is 195 g/mol. The number of aliphatic imine (C=N–C) groups is 1. The Bertz CT molecular complexity index is 216. The molecule has 1 saturated carbocycles. The molecule has 14 heavy (non-hydrogen) atoms. The van der Waals surface area contributed by atoms with Crippen LogP contribution in [-0.2, 0) is 0 Å². The van der Waals surface area contributed by atoms with Gasteiger partial charge in [-0.1, -0.05) is 27.7 Å². The van der Waals surface area contributed by atoms with Crippen LogP contribution in [0.2, 0.25) is 0 Å². The summed E-state index contributed by atoms with van der Waals surface area (Å²) in [6.07, 6.45) is 3.69. The molecule has 1 aliphatic carbocycles. The van der Waals surface area contributed by atoms with E-state index in [2.05, 4.69) is 41.5 Å². The standard InChI is InChI=1S/C13H25N/c1-10(2)14-11-7-12(3,4)9-13(5,6)8-11/h10H,7-9H2,1-6H3. The van der Waals surface area contributed by atoms with E-state index in [0.29, 0.717) is 16.9 Å². The predicted octanol–water partition coefficient (Wildman–Crippen LogP) is 4.07. The van der Waals surface area contributed by atoms with Crippen LogP contribution in [0, 0.1) is 10.8 Å². The van der Waals surface area contributed by atoms with E-state index in [4.69, 9.17) is 4.99 Å². The Morgan fingerprint density at radius 3 is 1.79 bits per heavy atom. The third kappa shape index (κ3) is 3.43. The minimum Gasteiger partial charge on any atom is -0.291 e. The molecule has 0 bridgehead atoms. The van der Waals surface area contributed by atoms with Crippen LogP contribution in [0.3, 0.4) is 0 Å². The molecule has 1 aliphatic rings. The second-order valence-electron chi connectivity index (χ2n) is 6.65. The molecule has 0 unspecified atom stereocenters. The number of hydrogen-bond donors (Lipinski definition) is 0. The van der Waals surface area contributed by atoms with E-state index >= 15 is 0 Å². The Balaban J connectivity index is 2.82. The van der Waals surface area contributed by atoms with Gasteiger partial charge in [0, 0.05) is 11.8 Å². The number of hydrogen-bond acceptors (Lipinski definition) is 1. The molecule has 0 atom stereocenters. The fraction of sp³-hybridized carbons (Fsp3) is 0.923. The molecular formula is C13H25N. The van der Waals surface area contributed by atoms with Crippen molar-refractivity contribution in [2.24, 2.45) is 15.8 Å². The topological polar surface area (TPSA) is 12.4 Å². The van der Waals surface area contributed by atoms with Crippen molar-refractivity contribution >= 4 is 5.71 Å². The van der Waals surface area contributed by atoms with Crippen LogP contribution in [0.4, 0.5) is 0 Å². The van der Waals surface area contributed by atoms with E-state index in [-0.39, 0.29) is 0 Å². The van der Waals surface area contributed by atoms with Crippen molar-refractivity contribution in [3.05, 3.63) is 0 Å². The maximum Gasteiger partial charge on any atom is 0.0442 e. The molecule has 0 N–H and O–H groups in total. The van der Waals surface area contributed by atoms with E-state index in [1.807, 2.05) is 0 Å². The summed E-state index contributed by atoms with van der Waals surface area (Å²) >= 11 is 0. The number of rotatable bonds is 1. The molecule has 0 saturated heterocycles. The third-order valence-electron chi connectivity index (χ3n) is 2.76. The SMILES string of the molecule is CC(C)N=C1CC(C)(C)CC(C)(C)C1. The Morgan fingerprint density at radius 2 is 1.43 bits per heavy atom. The van der Waals surface area contributed by atoms with Gasteiger partial charge in [-0.05, 0) is 43.9 Å². The summed E-state index contributed by atoms with van der Waals surface area (Å²) in [5.41, 5.74) is 2.31. The van der Waals surface area contributed by atoms with E-state index in [1.165, 1.54) is 25.0 Å². The van der Waals surface area contributed by atoms with E-state index in [0.717, 1.165) is 0 Å². The smallest absolute Gasteiger partial charge is 0.0442 e. The van der Waals surface area contributed by atoms with Gasteiger partial charge in [0.25, 0.3) is 0 Å². The van der Waals surface area contributed by atoms with Crippen LogP contribution in [0.5, 0.6) is 0 Å². The number of nitrogens with zero attached hydrogens (tertiary/aromatic N) is 1. The molecule has 1 nitrogen and oxygen atoms in total. The lowest BCUT2D eigenvalue weighted by molar-refractivity contribution is 0.182. The minimum absolute atomic E-state index is 0.440. The van der Waals surface area contributed by atoms with Gasteiger partial charge in [0.1, 0.15) is 0 Å². The van der Waals surface area contributed by atoms with Crippen molar-refractivity contribution in [3.8, 4) is 0 Å². The summed E-state index contributed by atoms with van der Waals surface area (Å²) in [5, 5.41) is 0. The van der Waals surface area contributed by atoms with Crippen LogP contribution in [-0.4, -0.2) is 11.8 Å². The molecule has 0 aliphatic heterocycles. The highest BCUT2D eigenvalue weighted by Gasteiger charge is 2.36. The normalized spacial score (nSPS) is 25.2. The van der Waals surface area contributed by atoms with Gasteiger partial charge in [-0.3, -0.25) is 4.99 Å². The van der Waals surface area contributed by atoms with Crippen molar-refractivity contribution < 1.29 is 0 Å². The molecule has 0 heterocycles. The minimum atomic E-state index is 0.440. The summed E-state index contributed by atoms with van der Waals surface area (Å²) < 4.78 is 0. The molecule has 0 aromatic heterocycles. The quantitative estimate of drug-likeness (QED) is 0.598.